The molecule has 0 atom stereocenters. The van der Waals surface area contributed by atoms with Crippen LogP contribution in [0.5, 0.6) is 0 Å². The van der Waals surface area contributed by atoms with Crippen molar-refractivity contribution in [2.75, 3.05) is 5.73 Å². The van der Waals surface area contributed by atoms with Crippen LogP contribution in [0.1, 0.15) is 19.0 Å². The first kappa shape index (κ1) is 7.55. The third-order valence-corrected chi connectivity index (χ3v) is 1.07. The van der Waals surface area contributed by atoms with E-state index < -0.39 is 0 Å². The van der Waals surface area contributed by atoms with Gasteiger partial charge in [0.15, 0.2) is 0 Å². The van der Waals surface area contributed by atoms with Gasteiger partial charge < -0.3 is 5.73 Å². The highest BCUT2D eigenvalue weighted by Crippen LogP contribution is 1.93. The third-order valence-electron chi connectivity index (χ3n) is 1.07. The first-order valence-corrected chi connectivity index (χ1v) is 3.40. The molecule has 0 aliphatic carbocycles. The minimum Gasteiger partial charge on any atom is -0.368 e. The van der Waals surface area contributed by atoms with E-state index in [-0.39, 0.29) is 5.95 Å². The number of nitrogens with two attached hydrogens (primary N) is 1. The second-order valence-corrected chi connectivity index (χ2v) is 1.96. The molecule has 0 aromatic carbocycles. The maximum atomic E-state index is 5.34. The first-order valence-electron chi connectivity index (χ1n) is 3.40. The molecular formula is C8H9N3. The number of anilines is 1. The SMILES string of the molecule is CCC#Cc1ccnc(N)n1. The van der Waals surface area contributed by atoms with E-state index in [2.05, 4.69) is 21.8 Å². The average molecular weight is 147 g/mol. The molecule has 11 heavy (non-hydrogen) atoms. The van der Waals surface area contributed by atoms with E-state index in [0.29, 0.717) is 5.69 Å². The first-order chi connectivity index (χ1) is 5.33. The quantitative estimate of drug-likeness (QED) is 0.553. The summed E-state index contributed by atoms with van der Waals surface area (Å²) in [6.07, 6.45) is 2.42. The fourth-order valence-corrected chi connectivity index (χ4v) is 0.622. The molecule has 0 unspecified atom stereocenters. The smallest absolute Gasteiger partial charge is 0.221 e. The Balaban J connectivity index is 2.87. The Hall–Kier alpha value is -1.56. The zero-order valence-electron chi connectivity index (χ0n) is 6.33. The highest BCUT2D eigenvalue weighted by atomic mass is 15.0. The number of rotatable bonds is 0. The lowest BCUT2D eigenvalue weighted by Gasteiger charge is -1.89. The van der Waals surface area contributed by atoms with E-state index in [1.165, 1.54) is 0 Å². The van der Waals surface area contributed by atoms with Crippen molar-refractivity contribution in [3.63, 3.8) is 0 Å². The monoisotopic (exact) mass is 147 g/mol. The molecule has 1 rings (SSSR count). The van der Waals surface area contributed by atoms with E-state index in [9.17, 15) is 0 Å². The maximum Gasteiger partial charge on any atom is 0.221 e. The van der Waals surface area contributed by atoms with E-state index in [4.69, 9.17) is 5.73 Å². The Morgan fingerprint density at radius 1 is 1.64 bits per heavy atom. The van der Waals surface area contributed by atoms with Crippen molar-refractivity contribution in [1.82, 2.24) is 9.97 Å². The molecule has 56 valence electrons. The van der Waals surface area contributed by atoms with Crippen LogP contribution in [0.25, 0.3) is 0 Å². The van der Waals surface area contributed by atoms with Crippen molar-refractivity contribution >= 4 is 5.95 Å². The lowest BCUT2D eigenvalue weighted by Crippen LogP contribution is -1.94. The Bertz CT molecular complexity index is 296. The number of hydrogen-bond acceptors (Lipinski definition) is 3. The van der Waals surface area contributed by atoms with Crippen molar-refractivity contribution in [3.05, 3.63) is 18.0 Å². The fraction of sp³-hybridized carbons (Fsp3) is 0.250. The van der Waals surface area contributed by atoms with Crippen molar-refractivity contribution in [2.24, 2.45) is 0 Å². The van der Waals surface area contributed by atoms with Crippen LogP contribution >= 0.6 is 0 Å². The van der Waals surface area contributed by atoms with Gasteiger partial charge in [0.2, 0.25) is 5.95 Å². The van der Waals surface area contributed by atoms with Crippen LogP contribution in [0.15, 0.2) is 12.3 Å². The van der Waals surface area contributed by atoms with Gasteiger partial charge in [0.1, 0.15) is 5.69 Å². The molecule has 1 aromatic heterocycles. The van der Waals surface area contributed by atoms with Gasteiger partial charge in [0.05, 0.1) is 0 Å². The number of nitrogen functional groups attached to an aromatic ring is 1. The number of nitrogens with zero attached hydrogens (tertiary/aromatic N) is 2. The largest absolute Gasteiger partial charge is 0.368 e. The van der Waals surface area contributed by atoms with Crippen LogP contribution in [-0.4, -0.2) is 9.97 Å². The predicted octanol–water partition coefficient (Wildman–Crippen LogP) is 0.820. The van der Waals surface area contributed by atoms with Gasteiger partial charge in [-0.2, -0.15) is 0 Å². The van der Waals surface area contributed by atoms with E-state index in [1.807, 2.05) is 6.92 Å². The van der Waals surface area contributed by atoms with Crippen LogP contribution in [0, 0.1) is 11.8 Å². The van der Waals surface area contributed by atoms with Crippen LogP contribution < -0.4 is 5.73 Å². The summed E-state index contributed by atoms with van der Waals surface area (Å²) in [7, 11) is 0. The Morgan fingerprint density at radius 3 is 3.09 bits per heavy atom. The van der Waals surface area contributed by atoms with Gasteiger partial charge in [0.25, 0.3) is 0 Å². The van der Waals surface area contributed by atoms with E-state index >= 15 is 0 Å². The maximum absolute atomic E-state index is 5.34. The highest BCUT2D eigenvalue weighted by Gasteiger charge is 1.88. The summed E-state index contributed by atoms with van der Waals surface area (Å²) < 4.78 is 0. The van der Waals surface area contributed by atoms with Crippen molar-refractivity contribution < 1.29 is 0 Å². The summed E-state index contributed by atoms with van der Waals surface area (Å²) >= 11 is 0. The van der Waals surface area contributed by atoms with Gasteiger partial charge in [-0.1, -0.05) is 12.8 Å². The lowest BCUT2D eigenvalue weighted by atomic mass is 10.4. The molecule has 0 fully saturated rings. The molecule has 0 aliphatic rings. The Morgan fingerprint density at radius 2 is 2.45 bits per heavy atom. The molecule has 1 aromatic rings. The molecular weight excluding hydrogens is 138 g/mol. The Kier molecular flexibility index (Phi) is 2.45. The predicted molar refractivity (Wildman–Crippen MR) is 43.6 cm³/mol. The van der Waals surface area contributed by atoms with Gasteiger partial charge >= 0.3 is 0 Å². The van der Waals surface area contributed by atoms with Gasteiger partial charge in [-0.05, 0) is 12.0 Å². The molecule has 0 aliphatic heterocycles. The second kappa shape index (κ2) is 3.57. The van der Waals surface area contributed by atoms with Crippen LogP contribution in [0.4, 0.5) is 5.95 Å². The molecule has 0 bridgehead atoms. The van der Waals surface area contributed by atoms with Crippen LogP contribution in [0.3, 0.4) is 0 Å². The zero-order chi connectivity index (χ0) is 8.10. The summed E-state index contributed by atoms with van der Waals surface area (Å²) in [4.78, 5) is 7.65. The van der Waals surface area contributed by atoms with Gasteiger partial charge in [-0.3, -0.25) is 0 Å². The molecule has 0 radical (unpaired) electrons. The van der Waals surface area contributed by atoms with Crippen LogP contribution in [0.2, 0.25) is 0 Å². The lowest BCUT2D eigenvalue weighted by molar-refractivity contribution is 1.16. The average Bonchev–Trinajstić information content (AvgIpc) is 2.01. The summed E-state index contributed by atoms with van der Waals surface area (Å²) in [6, 6.07) is 1.74. The summed E-state index contributed by atoms with van der Waals surface area (Å²) in [5.74, 6) is 6.02. The van der Waals surface area contributed by atoms with Gasteiger partial charge in [-0.15, -0.1) is 0 Å². The zero-order valence-corrected chi connectivity index (χ0v) is 6.33. The number of aromatic nitrogens is 2. The van der Waals surface area contributed by atoms with Crippen molar-refractivity contribution in [2.45, 2.75) is 13.3 Å². The molecule has 0 saturated carbocycles. The van der Waals surface area contributed by atoms with Crippen molar-refractivity contribution in [1.29, 1.82) is 0 Å². The highest BCUT2D eigenvalue weighted by molar-refractivity contribution is 5.30. The van der Waals surface area contributed by atoms with Crippen molar-refractivity contribution in [3.8, 4) is 11.8 Å². The number of hydrogen-bond donors (Lipinski definition) is 1. The molecule has 2 N–H and O–H groups in total. The van der Waals surface area contributed by atoms with Crippen LogP contribution in [-0.2, 0) is 0 Å². The topological polar surface area (TPSA) is 51.8 Å². The summed E-state index contributed by atoms with van der Waals surface area (Å²) in [5.41, 5.74) is 6.02. The molecule has 0 saturated heterocycles. The summed E-state index contributed by atoms with van der Waals surface area (Å²) in [6.45, 7) is 1.98. The third kappa shape index (κ3) is 2.26. The molecule has 1 heterocycles. The molecule has 3 heteroatoms. The minimum atomic E-state index is 0.271. The molecule has 0 amide bonds. The van der Waals surface area contributed by atoms with Gasteiger partial charge in [-0.25, -0.2) is 9.97 Å². The standard InChI is InChI=1S/C8H9N3/c1-2-3-4-7-5-6-10-8(9)11-7/h5-6H,2H2,1H3,(H2,9,10,11). The van der Waals surface area contributed by atoms with Gasteiger partial charge in [0, 0.05) is 12.6 Å². The second-order valence-electron chi connectivity index (χ2n) is 1.96. The molecule has 3 nitrogen and oxygen atoms in total. The minimum absolute atomic E-state index is 0.271. The summed E-state index contributed by atoms with van der Waals surface area (Å²) in [5, 5.41) is 0. The Labute approximate surface area is 65.7 Å². The van der Waals surface area contributed by atoms with E-state index in [1.54, 1.807) is 12.3 Å². The molecule has 0 spiro atoms. The fourth-order valence-electron chi connectivity index (χ4n) is 0.622. The normalized spacial score (nSPS) is 8.45. The van der Waals surface area contributed by atoms with E-state index in [0.717, 1.165) is 6.42 Å².